The number of hydrogen-bond acceptors (Lipinski definition) is 3. The van der Waals surface area contributed by atoms with E-state index in [4.69, 9.17) is 5.73 Å². The highest BCUT2D eigenvalue weighted by Gasteiger charge is 2.34. The van der Waals surface area contributed by atoms with Crippen LogP contribution in [0.2, 0.25) is 0 Å². The zero-order valence-electron chi connectivity index (χ0n) is 10.1. The first-order chi connectivity index (χ1) is 8.01. The van der Waals surface area contributed by atoms with Crippen LogP contribution >= 0.6 is 0 Å². The third-order valence-corrected chi connectivity index (χ3v) is 4.95. The lowest BCUT2D eigenvalue weighted by atomic mass is 10.0. The monoisotopic (exact) mass is 260 g/mol. The van der Waals surface area contributed by atoms with Crippen LogP contribution in [-0.4, -0.2) is 50.1 Å². The van der Waals surface area contributed by atoms with Crippen molar-refractivity contribution in [1.29, 1.82) is 0 Å². The lowest BCUT2D eigenvalue weighted by Gasteiger charge is -2.37. The van der Waals surface area contributed by atoms with Gasteiger partial charge in [-0.2, -0.15) is 0 Å². The standard InChI is InChI=1S/C10H20N4O2S/c1-2-17(15,16)14-6-8(7-14)5-12-10(11)13-9-3-4-9/h8-9H,2-7H2,1H3,(H3,11,12,13). The molecule has 0 amide bonds. The molecule has 2 fully saturated rings. The van der Waals surface area contributed by atoms with Crippen molar-refractivity contribution in [3.05, 3.63) is 0 Å². The molecular weight excluding hydrogens is 240 g/mol. The van der Waals surface area contributed by atoms with Crippen LogP contribution in [0.25, 0.3) is 0 Å². The Labute approximate surface area is 102 Å². The Kier molecular flexibility index (Phi) is 3.58. The Bertz CT molecular complexity index is 397. The van der Waals surface area contributed by atoms with Crippen LogP contribution in [0.3, 0.4) is 0 Å². The topological polar surface area (TPSA) is 87.8 Å². The van der Waals surface area contributed by atoms with E-state index < -0.39 is 10.0 Å². The second-order valence-corrected chi connectivity index (χ2v) is 6.99. The van der Waals surface area contributed by atoms with Gasteiger partial charge >= 0.3 is 0 Å². The first-order valence-corrected chi connectivity index (χ1v) is 7.66. The summed E-state index contributed by atoms with van der Waals surface area (Å²) in [5, 5.41) is 3.11. The van der Waals surface area contributed by atoms with E-state index in [-0.39, 0.29) is 5.75 Å². The zero-order valence-corrected chi connectivity index (χ0v) is 10.9. The number of guanidine groups is 1. The van der Waals surface area contributed by atoms with Crippen LogP contribution in [0.4, 0.5) is 0 Å². The summed E-state index contributed by atoms with van der Waals surface area (Å²) in [4.78, 5) is 4.23. The van der Waals surface area contributed by atoms with E-state index in [1.165, 1.54) is 17.1 Å². The Balaban J connectivity index is 1.70. The fraction of sp³-hybridized carbons (Fsp3) is 0.900. The average molecular weight is 260 g/mol. The number of hydrogen-bond donors (Lipinski definition) is 2. The summed E-state index contributed by atoms with van der Waals surface area (Å²) in [5.41, 5.74) is 5.70. The molecule has 0 aromatic rings. The fourth-order valence-corrected chi connectivity index (χ4v) is 3.00. The summed E-state index contributed by atoms with van der Waals surface area (Å²) in [6.45, 7) is 3.44. The maximum absolute atomic E-state index is 11.5. The molecule has 0 bridgehead atoms. The van der Waals surface area contributed by atoms with E-state index in [2.05, 4.69) is 10.3 Å². The van der Waals surface area contributed by atoms with E-state index in [0.29, 0.717) is 37.6 Å². The SMILES string of the molecule is CCS(=O)(=O)N1CC(CN=C(N)NC2CC2)C1. The third-order valence-electron chi connectivity index (χ3n) is 3.13. The van der Waals surface area contributed by atoms with Gasteiger partial charge in [-0.05, 0) is 19.8 Å². The van der Waals surface area contributed by atoms with Crippen molar-refractivity contribution >= 4 is 16.0 Å². The van der Waals surface area contributed by atoms with Gasteiger partial charge < -0.3 is 11.1 Å². The molecule has 0 aromatic carbocycles. The van der Waals surface area contributed by atoms with Crippen LogP contribution in [0.5, 0.6) is 0 Å². The minimum atomic E-state index is -3.00. The largest absolute Gasteiger partial charge is 0.370 e. The molecule has 0 spiro atoms. The van der Waals surface area contributed by atoms with Crippen molar-refractivity contribution in [3.63, 3.8) is 0 Å². The Hall–Kier alpha value is -0.820. The normalized spacial score (nSPS) is 23.5. The molecule has 1 saturated heterocycles. The lowest BCUT2D eigenvalue weighted by Crippen LogP contribution is -2.51. The summed E-state index contributed by atoms with van der Waals surface area (Å²) < 4.78 is 24.5. The van der Waals surface area contributed by atoms with Gasteiger partial charge in [0.2, 0.25) is 10.0 Å². The summed E-state index contributed by atoms with van der Waals surface area (Å²) >= 11 is 0. The highest BCUT2D eigenvalue weighted by molar-refractivity contribution is 7.89. The first kappa shape index (κ1) is 12.6. The maximum atomic E-state index is 11.5. The average Bonchev–Trinajstić information content (AvgIpc) is 2.99. The first-order valence-electron chi connectivity index (χ1n) is 6.05. The number of sulfonamides is 1. The van der Waals surface area contributed by atoms with Gasteiger partial charge in [0.1, 0.15) is 0 Å². The predicted octanol–water partition coefficient (Wildman–Crippen LogP) is -0.665. The molecule has 1 heterocycles. The number of nitrogens with two attached hydrogens (primary N) is 1. The van der Waals surface area contributed by atoms with Crippen LogP contribution in [-0.2, 0) is 10.0 Å². The summed E-state index contributed by atoms with van der Waals surface area (Å²) in [6.07, 6.45) is 2.34. The quantitative estimate of drug-likeness (QED) is 0.507. The van der Waals surface area contributed by atoms with Gasteiger partial charge in [0, 0.05) is 31.6 Å². The molecule has 6 nitrogen and oxygen atoms in total. The lowest BCUT2D eigenvalue weighted by molar-refractivity contribution is 0.208. The van der Waals surface area contributed by atoms with Crippen molar-refractivity contribution in [2.75, 3.05) is 25.4 Å². The third kappa shape index (κ3) is 3.32. The van der Waals surface area contributed by atoms with Gasteiger partial charge in [0.15, 0.2) is 5.96 Å². The number of nitrogens with one attached hydrogen (secondary N) is 1. The van der Waals surface area contributed by atoms with E-state index in [0.717, 1.165) is 0 Å². The second-order valence-electron chi connectivity index (χ2n) is 4.73. The van der Waals surface area contributed by atoms with Crippen LogP contribution in [0.1, 0.15) is 19.8 Å². The van der Waals surface area contributed by atoms with Gasteiger partial charge in [-0.25, -0.2) is 12.7 Å². The zero-order chi connectivity index (χ0) is 12.5. The Morgan fingerprint density at radius 3 is 2.65 bits per heavy atom. The molecule has 2 aliphatic rings. The van der Waals surface area contributed by atoms with E-state index in [9.17, 15) is 8.42 Å². The maximum Gasteiger partial charge on any atom is 0.213 e. The summed E-state index contributed by atoms with van der Waals surface area (Å²) in [6, 6.07) is 0.511. The van der Waals surface area contributed by atoms with Crippen LogP contribution < -0.4 is 11.1 Å². The van der Waals surface area contributed by atoms with Crippen molar-refractivity contribution in [2.45, 2.75) is 25.8 Å². The fourth-order valence-electron chi connectivity index (χ4n) is 1.76. The number of aliphatic imine (C=N–C) groups is 1. The van der Waals surface area contributed by atoms with Crippen molar-refractivity contribution in [2.24, 2.45) is 16.6 Å². The summed E-state index contributed by atoms with van der Waals surface area (Å²) in [7, 11) is -3.00. The van der Waals surface area contributed by atoms with Crippen LogP contribution in [0.15, 0.2) is 4.99 Å². The van der Waals surface area contributed by atoms with E-state index in [1.807, 2.05) is 0 Å². The molecule has 0 aromatic heterocycles. The number of nitrogens with zero attached hydrogens (tertiary/aromatic N) is 2. The van der Waals surface area contributed by atoms with E-state index in [1.54, 1.807) is 6.92 Å². The number of rotatable bonds is 5. The van der Waals surface area contributed by atoms with E-state index >= 15 is 0 Å². The van der Waals surface area contributed by atoms with Gasteiger partial charge in [-0.15, -0.1) is 0 Å². The van der Waals surface area contributed by atoms with Crippen LogP contribution in [0, 0.1) is 5.92 Å². The summed E-state index contributed by atoms with van der Waals surface area (Å²) in [5.74, 6) is 0.981. The molecule has 0 radical (unpaired) electrons. The molecule has 3 N–H and O–H groups in total. The molecular formula is C10H20N4O2S. The van der Waals surface area contributed by atoms with Gasteiger partial charge in [0.05, 0.1) is 5.75 Å². The van der Waals surface area contributed by atoms with Crippen molar-refractivity contribution < 1.29 is 8.42 Å². The smallest absolute Gasteiger partial charge is 0.213 e. The molecule has 1 aliphatic heterocycles. The Morgan fingerprint density at radius 1 is 1.47 bits per heavy atom. The molecule has 98 valence electrons. The highest BCUT2D eigenvalue weighted by Crippen LogP contribution is 2.20. The molecule has 7 heteroatoms. The highest BCUT2D eigenvalue weighted by atomic mass is 32.2. The van der Waals surface area contributed by atoms with Gasteiger partial charge in [0.25, 0.3) is 0 Å². The second kappa shape index (κ2) is 4.81. The Morgan fingerprint density at radius 2 is 2.12 bits per heavy atom. The van der Waals surface area contributed by atoms with Crippen molar-refractivity contribution in [1.82, 2.24) is 9.62 Å². The molecule has 1 saturated carbocycles. The van der Waals surface area contributed by atoms with Gasteiger partial charge in [-0.1, -0.05) is 0 Å². The minimum absolute atomic E-state index is 0.175. The molecule has 0 unspecified atom stereocenters. The molecule has 2 rings (SSSR count). The minimum Gasteiger partial charge on any atom is -0.370 e. The van der Waals surface area contributed by atoms with Gasteiger partial charge in [-0.3, -0.25) is 4.99 Å². The molecule has 1 aliphatic carbocycles. The van der Waals surface area contributed by atoms with Crippen molar-refractivity contribution in [3.8, 4) is 0 Å². The molecule has 0 atom stereocenters. The predicted molar refractivity (Wildman–Crippen MR) is 67.2 cm³/mol. The molecule has 17 heavy (non-hydrogen) atoms.